The van der Waals surface area contributed by atoms with Crippen LogP contribution in [0.15, 0.2) is 0 Å². The molecule has 5 nitrogen and oxygen atoms in total. The fourth-order valence-corrected chi connectivity index (χ4v) is 1.10. The molecule has 0 N–H and O–H groups in total. The van der Waals surface area contributed by atoms with Gasteiger partial charge in [0.2, 0.25) is 0 Å². The van der Waals surface area contributed by atoms with Crippen molar-refractivity contribution in [3.63, 3.8) is 0 Å². The molecule has 5 heteroatoms. The van der Waals surface area contributed by atoms with Gasteiger partial charge in [-0.3, -0.25) is 14.4 Å². The highest BCUT2D eigenvalue weighted by Crippen LogP contribution is 2.10. The fraction of sp³-hybridized carbons (Fsp3) is 0.750. The minimum Gasteiger partial charge on any atom is -0.469 e. The van der Waals surface area contributed by atoms with Gasteiger partial charge in [-0.1, -0.05) is 0 Å². The predicted octanol–water partition coefficient (Wildman–Crippen LogP) is 1.63. The zero-order chi connectivity index (χ0) is 13.5. The first kappa shape index (κ1) is 15.6. The van der Waals surface area contributed by atoms with E-state index in [2.05, 4.69) is 4.74 Å². The summed E-state index contributed by atoms with van der Waals surface area (Å²) < 4.78 is 9.46. The monoisotopic (exact) mass is 244 g/mol. The number of Topliss-reactive ketones (excluding diaryl/α,β-unsaturated/α-hetero) is 1. The third-order valence-electron chi connectivity index (χ3n) is 1.86. The first-order valence-corrected chi connectivity index (χ1v) is 5.55. The van der Waals surface area contributed by atoms with Crippen molar-refractivity contribution < 1.29 is 23.9 Å². The van der Waals surface area contributed by atoms with Crippen molar-refractivity contribution in [2.75, 3.05) is 7.11 Å². The summed E-state index contributed by atoms with van der Waals surface area (Å²) in [7, 11) is 1.27. The van der Waals surface area contributed by atoms with Crippen molar-refractivity contribution in [2.45, 2.75) is 52.1 Å². The van der Waals surface area contributed by atoms with Crippen LogP contribution in [0.3, 0.4) is 0 Å². The average Bonchev–Trinajstić information content (AvgIpc) is 2.20. The zero-order valence-electron chi connectivity index (χ0n) is 10.9. The van der Waals surface area contributed by atoms with Gasteiger partial charge in [0, 0.05) is 12.8 Å². The summed E-state index contributed by atoms with van der Waals surface area (Å²) in [6.45, 7) is 5.30. The molecule has 0 atom stereocenters. The quantitative estimate of drug-likeness (QED) is 0.664. The van der Waals surface area contributed by atoms with E-state index in [9.17, 15) is 14.4 Å². The van der Waals surface area contributed by atoms with Crippen LogP contribution >= 0.6 is 0 Å². The second-order valence-electron chi connectivity index (χ2n) is 4.70. The van der Waals surface area contributed by atoms with E-state index in [4.69, 9.17) is 4.74 Å². The van der Waals surface area contributed by atoms with Crippen LogP contribution in [0, 0.1) is 0 Å². The Bertz CT molecular complexity index is 288. The van der Waals surface area contributed by atoms with Crippen molar-refractivity contribution in [3.05, 3.63) is 0 Å². The Morgan fingerprint density at radius 1 is 0.882 bits per heavy atom. The predicted molar refractivity (Wildman–Crippen MR) is 61.3 cm³/mol. The largest absolute Gasteiger partial charge is 0.469 e. The molecular formula is C12H20O5. The molecule has 0 heterocycles. The molecule has 0 aliphatic rings. The molecule has 0 aliphatic heterocycles. The Kier molecular flexibility index (Phi) is 6.46. The molecule has 0 aliphatic carbocycles. The van der Waals surface area contributed by atoms with Crippen molar-refractivity contribution in [1.82, 2.24) is 0 Å². The van der Waals surface area contributed by atoms with Crippen LogP contribution in [-0.2, 0) is 23.9 Å². The first-order valence-electron chi connectivity index (χ1n) is 5.55. The zero-order valence-corrected chi connectivity index (χ0v) is 10.9. The van der Waals surface area contributed by atoms with Gasteiger partial charge in [-0.25, -0.2) is 0 Å². The van der Waals surface area contributed by atoms with Gasteiger partial charge < -0.3 is 9.47 Å². The lowest BCUT2D eigenvalue weighted by Crippen LogP contribution is -2.24. The van der Waals surface area contributed by atoms with Gasteiger partial charge in [-0.15, -0.1) is 0 Å². The Morgan fingerprint density at radius 3 is 1.76 bits per heavy atom. The number of methoxy groups -OCH3 is 1. The summed E-state index contributed by atoms with van der Waals surface area (Å²) >= 11 is 0. The van der Waals surface area contributed by atoms with Gasteiger partial charge in [-0.2, -0.15) is 0 Å². The van der Waals surface area contributed by atoms with Crippen LogP contribution in [0.5, 0.6) is 0 Å². The molecule has 0 unspecified atom stereocenters. The standard InChI is InChI=1S/C12H20O5/c1-12(2,3)17-11(15)8-6-9(13)5-7-10(14)16-4/h5-8H2,1-4H3. The number of rotatable bonds is 6. The highest BCUT2D eigenvalue weighted by atomic mass is 16.6. The van der Waals surface area contributed by atoms with Crippen molar-refractivity contribution in [3.8, 4) is 0 Å². The van der Waals surface area contributed by atoms with Gasteiger partial charge in [0.15, 0.2) is 0 Å². The lowest BCUT2D eigenvalue weighted by molar-refractivity contribution is -0.155. The number of carbonyl (C=O) groups excluding carboxylic acids is 3. The third kappa shape index (κ3) is 9.53. The summed E-state index contributed by atoms with van der Waals surface area (Å²) in [5.74, 6) is -0.958. The number of hydrogen-bond donors (Lipinski definition) is 0. The second-order valence-corrected chi connectivity index (χ2v) is 4.70. The molecule has 0 saturated carbocycles. The van der Waals surface area contributed by atoms with E-state index in [1.54, 1.807) is 20.8 Å². The second kappa shape index (κ2) is 7.04. The lowest BCUT2D eigenvalue weighted by atomic mass is 10.1. The summed E-state index contributed by atoms with van der Waals surface area (Å²) in [6.07, 6.45) is 0.322. The van der Waals surface area contributed by atoms with Crippen LogP contribution in [0.4, 0.5) is 0 Å². The minimum absolute atomic E-state index is 0.0529. The highest BCUT2D eigenvalue weighted by Gasteiger charge is 2.17. The molecule has 98 valence electrons. The maximum absolute atomic E-state index is 11.3. The Hall–Kier alpha value is -1.39. The SMILES string of the molecule is COC(=O)CCC(=O)CCC(=O)OC(C)(C)C. The molecule has 0 amide bonds. The van der Waals surface area contributed by atoms with Crippen molar-refractivity contribution >= 4 is 17.7 Å². The molecule has 0 aromatic carbocycles. The van der Waals surface area contributed by atoms with Gasteiger partial charge >= 0.3 is 11.9 Å². The fourth-order valence-electron chi connectivity index (χ4n) is 1.10. The van der Waals surface area contributed by atoms with E-state index < -0.39 is 17.5 Å². The molecule has 0 aromatic rings. The molecule has 0 saturated heterocycles. The third-order valence-corrected chi connectivity index (χ3v) is 1.86. The van der Waals surface area contributed by atoms with E-state index >= 15 is 0 Å². The maximum atomic E-state index is 11.3. The van der Waals surface area contributed by atoms with Gasteiger partial charge in [0.25, 0.3) is 0 Å². The molecule has 0 radical (unpaired) electrons. The van der Waals surface area contributed by atoms with E-state index in [1.165, 1.54) is 7.11 Å². The summed E-state index contributed by atoms with van der Waals surface area (Å²) in [6, 6.07) is 0. The molecule has 0 rings (SSSR count). The Balaban J connectivity index is 3.77. The Morgan fingerprint density at radius 2 is 1.35 bits per heavy atom. The normalized spacial score (nSPS) is 10.8. The van der Waals surface area contributed by atoms with Gasteiger partial charge in [0.1, 0.15) is 11.4 Å². The van der Waals surface area contributed by atoms with E-state index in [-0.39, 0.29) is 31.5 Å². The van der Waals surface area contributed by atoms with E-state index in [1.807, 2.05) is 0 Å². The van der Waals surface area contributed by atoms with E-state index in [0.29, 0.717) is 0 Å². The first-order chi connectivity index (χ1) is 7.74. The smallest absolute Gasteiger partial charge is 0.306 e. The average molecular weight is 244 g/mol. The van der Waals surface area contributed by atoms with Crippen LogP contribution < -0.4 is 0 Å². The minimum atomic E-state index is -0.536. The van der Waals surface area contributed by atoms with Crippen LogP contribution in [0.25, 0.3) is 0 Å². The van der Waals surface area contributed by atoms with E-state index in [0.717, 1.165) is 0 Å². The Labute approximate surface area is 101 Å². The number of hydrogen-bond acceptors (Lipinski definition) is 5. The maximum Gasteiger partial charge on any atom is 0.306 e. The van der Waals surface area contributed by atoms with Crippen molar-refractivity contribution in [1.29, 1.82) is 0 Å². The van der Waals surface area contributed by atoms with Gasteiger partial charge in [-0.05, 0) is 20.8 Å². The lowest BCUT2D eigenvalue weighted by Gasteiger charge is -2.19. The van der Waals surface area contributed by atoms with Gasteiger partial charge in [0.05, 0.1) is 20.0 Å². The number of carbonyl (C=O) groups is 3. The highest BCUT2D eigenvalue weighted by molar-refractivity contribution is 5.85. The topological polar surface area (TPSA) is 69.7 Å². The molecule has 17 heavy (non-hydrogen) atoms. The summed E-state index contributed by atoms with van der Waals surface area (Å²) in [5.41, 5.74) is -0.536. The van der Waals surface area contributed by atoms with Crippen LogP contribution in [0.1, 0.15) is 46.5 Å². The molecule has 0 spiro atoms. The summed E-state index contributed by atoms with van der Waals surface area (Å²) in [5, 5.41) is 0. The molecular weight excluding hydrogens is 224 g/mol. The number of ketones is 1. The van der Waals surface area contributed by atoms with Crippen molar-refractivity contribution in [2.24, 2.45) is 0 Å². The molecule has 0 bridgehead atoms. The number of esters is 2. The summed E-state index contributed by atoms with van der Waals surface area (Å²) in [4.78, 5) is 33.4. The van der Waals surface area contributed by atoms with Crippen LogP contribution in [0.2, 0.25) is 0 Å². The number of ether oxygens (including phenoxy) is 2. The molecule has 0 fully saturated rings. The molecule has 0 aromatic heterocycles. The van der Waals surface area contributed by atoms with Crippen LogP contribution in [-0.4, -0.2) is 30.4 Å².